The molecule has 2 aliphatic rings. The van der Waals surface area contributed by atoms with Crippen LogP contribution in [0.5, 0.6) is 0 Å². The van der Waals surface area contributed by atoms with Gasteiger partial charge in [0, 0.05) is 26.2 Å². The number of piperazine rings is 1. The summed E-state index contributed by atoms with van der Waals surface area (Å²) in [5, 5.41) is 9.17. The Morgan fingerprint density at radius 1 is 1.12 bits per heavy atom. The minimum Gasteiger partial charge on any atom is -0.480 e. The van der Waals surface area contributed by atoms with Crippen molar-refractivity contribution in [1.29, 1.82) is 0 Å². The van der Waals surface area contributed by atoms with Crippen LogP contribution in [0.25, 0.3) is 0 Å². The number of rotatable bonds is 3. The molecule has 1 N–H and O–H groups in total. The van der Waals surface area contributed by atoms with Crippen molar-refractivity contribution in [2.45, 2.75) is 19.3 Å². The first-order valence-electron chi connectivity index (χ1n) is 5.82. The SMILES string of the molecule is O=CN1CCN(C(=O)C2(C(=O)O)CCC2)CC1. The van der Waals surface area contributed by atoms with Crippen LogP contribution in [0.3, 0.4) is 0 Å². The van der Waals surface area contributed by atoms with Gasteiger partial charge in [-0.05, 0) is 12.8 Å². The Balaban J connectivity index is 2.01. The van der Waals surface area contributed by atoms with Crippen LogP contribution in [0, 0.1) is 5.41 Å². The standard InChI is InChI=1S/C11H16N2O4/c14-8-12-4-6-13(7-5-12)9(15)11(10(16)17)2-1-3-11/h8H,1-7H2,(H,16,17). The Kier molecular flexibility index (Phi) is 3.04. The summed E-state index contributed by atoms with van der Waals surface area (Å²) in [5.74, 6) is -1.28. The molecule has 1 heterocycles. The molecule has 0 spiro atoms. The molecule has 0 aromatic heterocycles. The number of hydrogen-bond donors (Lipinski definition) is 1. The number of carboxylic acid groups (broad SMARTS) is 1. The number of carboxylic acids is 1. The zero-order valence-corrected chi connectivity index (χ0v) is 9.59. The molecule has 1 saturated heterocycles. The van der Waals surface area contributed by atoms with E-state index in [4.69, 9.17) is 5.11 Å². The summed E-state index contributed by atoms with van der Waals surface area (Å²) >= 11 is 0. The van der Waals surface area contributed by atoms with Gasteiger partial charge in [0.1, 0.15) is 5.41 Å². The van der Waals surface area contributed by atoms with E-state index in [-0.39, 0.29) is 5.91 Å². The molecule has 1 aliphatic carbocycles. The lowest BCUT2D eigenvalue weighted by molar-refractivity contribution is -0.168. The van der Waals surface area contributed by atoms with Crippen molar-refractivity contribution in [2.75, 3.05) is 26.2 Å². The minimum atomic E-state index is -1.18. The summed E-state index contributed by atoms with van der Waals surface area (Å²) in [5.41, 5.74) is -1.18. The Labute approximate surface area is 99.2 Å². The van der Waals surface area contributed by atoms with Crippen molar-refractivity contribution < 1.29 is 19.5 Å². The molecule has 1 saturated carbocycles. The van der Waals surface area contributed by atoms with Gasteiger partial charge in [0.05, 0.1) is 0 Å². The number of carbonyl (C=O) groups excluding carboxylic acids is 2. The van der Waals surface area contributed by atoms with E-state index in [0.29, 0.717) is 39.0 Å². The van der Waals surface area contributed by atoms with E-state index in [2.05, 4.69) is 0 Å². The van der Waals surface area contributed by atoms with Crippen LogP contribution in [-0.4, -0.2) is 59.4 Å². The highest BCUT2D eigenvalue weighted by atomic mass is 16.4. The molecule has 2 amide bonds. The summed E-state index contributed by atoms with van der Waals surface area (Å²) in [6.45, 7) is 1.86. The fourth-order valence-corrected chi connectivity index (χ4v) is 2.38. The lowest BCUT2D eigenvalue weighted by Gasteiger charge is -2.42. The van der Waals surface area contributed by atoms with Crippen molar-refractivity contribution >= 4 is 18.3 Å². The van der Waals surface area contributed by atoms with Crippen LogP contribution < -0.4 is 0 Å². The van der Waals surface area contributed by atoms with Crippen molar-refractivity contribution in [1.82, 2.24) is 9.80 Å². The number of carbonyl (C=O) groups is 3. The van der Waals surface area contributed by atoms with E-state index >= 15 is 0 Å². The van der Waals surface area contributed by atoms with Gasteiger partial charge < -0.3 is 14.9 Å². The smallest absolute Gasteiger partial charge is 0.319 e. The number of nitrogens with zero attached hydrogens (tertiary/aromatic N) is 2. The second kappa shape index (κ2) is 4.35. The van der Waals surface area contributed by atoms with Crippen LogP contribution in [0.4, 0.5) is 0 Å². The first kappa shape index (κ1) is 11.9. The maximum Gasteiger partial charge on any atom is 0.319 e. The van der Waals surface area contributed by atoms with Crippen molar-refractivity contribution in [3.63, 3.8) is 0 Å². The third kappa shape index (κ3) is 1.87. The molecule has 0 radical (unpaired) electrons. The van der Waals surface area contributed by atoms with Gasteiger partial charge in [0.2, 0.25) is 12.3 Å². The van der Waals surface area contributed by atoms with Crippen molar-refractivity contribution in [3.8, 4) is 0 Å². The Hall–Kier alpha value is -1.59. The van der Waals surface area contributed by atoms with Gasteiger partial charge in [-0.25, -0.2) is 0 Å². The Morgan fingerprint density at radius 3 is 2.06 bits per heavy atom. The maximum absolute atomic E-state index is 12.2. The summed E-state index contributed by atoms with van der Waals surface area (Å²) in [7, 11) is 0. The average molecular weight is 240 g/mol. The first-order chi connectivity index (χ1) is 8.10. The van der Waals surface area contributed by atoms with Gasteiger partial charge in [0.25, 0.3) is 0 Å². The minimum absolute atomic E-state index is 0.276. The number of amides is 2. The van der Waals surface area contributed by atoms with E-state index in [0.717, 1.165) is 12.8 Å². The second-order valence-corrected chi connectivity index (χ2v) is 4.67. The molecule has 0 aromatic rings. The summed E-state index contributed by atoms with van der Waals surface area (Å²) in [6.07, 6.45) is 2.44. The number of aliphatic carboxylic acids is 1. The highest BCUT2D eigenvalue weighted by molar-refractivity contribution is 6.02. The summed E-state index contributed by atoms with van der Waals surface area (Å²) in [4.78, 5) is 37.1. The van der Waals surface area contributed by atoms with Crippen LogP contribution in [0.1, 0.15) is 19.3 Å². The fraction of sp³-hybridized carbons (Fsp3) is 0.727. The normalized spacial score (nSPS) is 22.8. The van der Waals surface area contributed by atoms with Gasteiger partial charge >= 0.3 is 5.97 Å². The predicted octanol–water partition coefficient (Wildman–Crippen LogP) is -0.458. The highest BCUT2D eigenvalue weighted by Gasteiger charge is 2.53. The summed E-state index contributed by atoms with van der Waals surface area (Å²) in [6, 6.07) is 0. The summed E-state index contributed by atoms with van der Waals surface area (Å²) < 4.78 is 0. The van der Waals surface area contributed by atoms with Gasteiger partial charge in [0.15, 0.2) is 0 Å². The van der Waals surface area contributed by atoms with Crippen molar-refractivity contribution in [3.05, 3.63) is 0 Å². The van der Waals surface area contributed by atoms with E-state index in [1.807, 2.05) is 0 Å². The molecule has 0 atom stereocenters. The zero-order chi connectivity index (χ0) is 12.5. The number of hydrogen-bond acceptors (Lipinski definition) is 3. The van der Waals surface area contributed by atoms with Crippen molar-refractivity contribution in [2.24, 2.45) is 5.41 Å². The van der Waals surface area contributed by atoms with Crippen LogP contribution >= 0.6 is 0 Å². The van der Waals surface area contributed by atoms with Crippen LogP contribution in [0.2, 0.25) is 0 Å². The lowest BCUT2D eigenvalue weighted by Crippen LogP contribution is -2.57. The monoisotopic (exact) mass is 240 g/mol. The van der Waals surface area contributed by atoms with Gasteiger partial charge in [-0.1, -0.05) is 6.42 Å². The lowest BCUT2D eigenvalue weighted by atomic mass is 9.67. The first-order valence-corrected chi connectivity index (χ1v) is 5.82. The van der Waals surface area contributed by atoms with E-state index in [1.165, 1.54) is 0 Å². The molecule has 2 rings (SSSR count). The van der Waals surface area contributed by atoms with Crippen LogP contribution in [0.15, 0.2) is 0 Å². The largest absolute Gasteiger partial charge is 0.480 e. The molecular weight excluding hydrogens is 224 g/mol. The van der Waals surface area contributed by atoms with E-state index in [9.17, 15) is 14.4 Å². The molecule has 0 aromatic carbocycles. The van der Waals surface area contributed by atoms with Gasteiger partial charge in [-0.15, -0.1) is 0 Å². The molecule has 0 unspecified atom stereocenters. The maximum atomic E-state index is 12.2. The van der Waals surface area contributed by atoms with E-state index in [1.54, 1.807) is 9.80 Å². The average Bonchev–Trinajstić information content (AvgIpc) is 2.27. The van der Waals surface area contributed by atoms with Gasteiger partial charge in [-0.3, -0.25) is 14.4 Å². The zero-order valence-electron chi connectivity index (χ0n) is 9.59. The molecule has 6 heteroatoms. The second-order valence-electron chi connectivity index (χ2n) is 4.67. The third-order valence-electron chi connectivity index (χ3n) is 3.78. The van der Waals surface area contributed by atoms with E-state index < -0.39 is 11.4 Å². The molecule has 6 nitrogen and oxygen atoms in total. The molecule has 1 aliphatic heterocycles. The quantitative estimate of drug-likeness (QED) is 0.535. The highest BCUT2D eigenvalue weighted by Crippen LogP contribution is 2.42. The fourth-order valence-electron chi connectivity index (χ4n) is 2.38. The van der Waals surface area contributed by atoms with Crippen LogP contribution in [-0.2, 0) is 14.4 Å². The molecule has 2 fully saturated rings. The topological polar surface area (TPSA) is 77.9 Å². The Morgan fingerprint density at radius 2 is 1.71 bits per heavy atom. The predicted molar refractivity (Wildman–Crippen MR) is 58.1 cm³/mol. The molecule has 94 valence electrons. The Bertz CT molecular complexity index is 343. The molecular formula is C11H16N2O4. The molecule has 17 heavy (non-hydrogen) atoms. The molecule has 0 bridgehead atoms. The van der Waals surface area contributed by atoms with Gasteiger partial charge in [-0.2, -0.15) is 0 Å². The third-order valence-corrected chi connectivity index (χ3v) is 3.78.